The Balaban J connectivity index is 0.00000288. The van der Waals surface area contributed by atoms with Crippen LogP contribution in [0.1, 0.15) is 20.3 Å². The fraction of sp³-hybridized carbons (Fsp3) is 0.941. The molecule has 0 spiro atoms. The maximum atomic E-state index is 5.41. The second kappa shape index (κ2) is 12.3. The molecule has 0 aliphatic carbocycles. The van der Waals surface area contributed by atoms with Crippen LogP contribution in [0.2, 0.25) is 0 Å². The van der Waals surface area contributed by atoms with Gasteiger partial charge in [0.15, 0.2) is 5.96 Å². The van der Waals surface area contributed by atoms with Crippen LogP contribution in [-0.2, 0) is 9.47 Å². The summed E-state index contributed by atoms with van der Waals surface area (Å²) in [4.78, 5) is 9.76. The minimum Gasteiger partial charge on any atom is -0.384 e. The van der Waals surface area contributed by atoms with Crippen LogP contribution in [0.25, 0.3) is 0 Å². The van der Waals surface area contributed by atoms with Crippen molar-refractivity contribution in [2.45, 2.75) is 20.3 Å². The van der Waals surface area contributed by atoms with Crippen molar-refractivity contribution in [2.75, 3.05) is 72.7 Å². The molecule has 142 valence electrons. The maximum absolute atomic E-state index is 5.41. The van der Waals surface area contributed by atoms with Gasteiger partial charge in [-0.15, -0.1) is 24.0 Å². The van der Waals surface area contributed by atoms with Gasteiger partial charge in [0.25, 0.3) is 0 Å². The van der Waals surface area contributed by atoms with Gasteiger partial charge in [0.2, 0.25) is 0 Å². The lowest BCUT2D eigenvalue weighted by Gasteiger charge is -2.29. The monoisotopic (exact) mass is 454 g/mol. The molecule has 0 aromatic heterocycles. The molecule has 0 aromatic carbocycles. The number of likely N-dealkylation sites (tertiary alicyclic amines) is 1. The summed E-state index contributed by atoms with van der Waals surface area (Å²) in [5.41, 5.74) is 0. The van der Waals surface area contributed by atoms with Gasteiger partial charge >= 0.3 is 0 Å². The summed E-state index contributed by atoms with van der Waals surface area (Å²) in [6, 6.07) is 0. The fourth-order valence-corrected chi connectivity index (χ4v) is 3.35. The van der Waals surface area contributed by atoms with Crippen molar-refractivity contribution >= 4 is 29.9 Å². The molecule has 0 bridgehead atoms. The summed E-state index contributed by atoms with van der Waals surface area (Å²) < 4.78 is 10.7. The number of hydrogen-bond donors (Lipinski definition) is 1. The van der Waals surface area contributed by atoms with Gasteiger partial charge in [-0.3, -0.25) is 9.89 Å². The van der Waals surface area contributed by atoms with E-state index in [1.807, 2.05) is 0 Å². The molecular formula is C17H35IN4O2. The van der Waals surface area contributed by atoms with E-state index in [1.54, 1.807) is 7.11 Å². The van der Waals surface area contributed by atoms with E-state index in [4.69, 9.17) is 14.5 Å². The zero-order chi connectivity index (χ0) is 16.5. The Morgan fingerprint density at radius 3 is 2.75 bits per heavy atom. The number of guanidine groups is 1. The quantitative estimate of drug-likeness (QED) is 0.359. The molecule has 0 amide bonds. The molecule has 1 N–H and O–H groups in total. The summed E-state index contributed by atoms with van der Waals surface area (Å²) in [7, 11) is 1.79. The highest BCUT2D eigenvalue weighted by molar-refractivity contribution is 14.0. The molecule has 0 saturated carbocycles. The van der Waals surface area contributed by atoms with Crippen LogP contribution in [0.4, 0.5) is 0 Å². The molecular weight excluding hydrogens is 419 g/mol. The Labute approximate surface area is 164 Å². The number of aliphatic imine (C=N–C) groups is 1. The van der Waals surface area contributed by atoms with E-state index in [0.717, 1.165) is 71.6 Å². The van der Waals surface area contributed by atoms with E-state index in [-0.39, 0.29) is 24.0 Å². The lowest BCUT2D eigenvalue weighted by molar-refractivity contribution is 0.0323. The molecule has 2 heterocycles. The number of hydrogen-bond acceptors (Lipinski definition) is 4. The number of nitrogens with one attached hydrogen (secondary N) is 1. The highest BCUT2D eigenvalue weighted by Crippen LogP contribution is 2.16. The van der Waals surface area contributed by atoms with Crippen molar-refractivity contribution in [3.63, 3.8) is 0 Å². The van der Waals surface area contributed by atoms with Gasteiger partial charge in [0, 0.05) is 58.8 Å². The number of nitrogens with zero attached hydrogens (tertiary/aromatic N) is 3. The predicted octanol–water partition coefficient (Wildman–Crippen LogP) is 1.51. The Kier molecular flexibility index (Phi) is 11.2. The summed E-state index contributed by atoms with van der Waals surface area (Å²) in [6.45, 7) is 14.2. The predicted molar refractivity (Wildman–Crippen MR) is 109 cm³/mol. The van der Waals surface area contributed by atoms with Crippen molar-refractivity contribution < 1.29 is 9.47 Å². The van der Waals surface area contributed by atoms with Gasteiger partial charge in [-0.25, -0.2) is 0 Å². The molecule has 2 atom stereocenters. The molecule has 2 rings (SSSR count). The summed E-state index contributed by atoms with van der Waals surface area (Å²) >= 11 is 0. The smallest absolute Gasteiger partial charge is 0.193 e. The van der Waals surface area contributed by atoms with Crippen LogP contribution in [-0.4, -0.2) is 88.5 Å². The first kappa shape index (κ1) is 21.9. The van der Waals surface area contributed by atoms with Crippen LogP contribution in [0, 0.1) is 11.8 Å². The minimum atomic E-state index is 0. The third-order valence-corrected chi connectivity index (χ3v) is 4.55. The fourth-order valence-electron chi connectivity index (χ4n) is 3.35. The number of halogens is 1. The van der Waals surface area contributed by atoms with Gasteiger partial charge in [-0.05, 0) is 19.3 Å². The van der Waals surface area contributed by atoms with E-state index in [1.165, 1.54) is 6.42 Å². The number of methoxy groups -OCH3 is 1. The van der Waals surface area contributed by atoms with E-state index >= 15 is 0 Å². The van der Waals surface area contributed by atoms with Crippen molar-refractivity contribution in [2.24, 2.45) is 16.8 Å². The Bertz CT molecular complexity index is 364. The van der Waals surface area contributed by atoms with Gasteiger partial charge < -0.3 is 19.7 Å². The summed E-state index contributed by atoms with van der Waals surface area (Å²) in [5.74, 6) is 2.27. The van der Waals surface area contributed by atoms with Crippen molar-refractivity contribution in [1.82, 2.24) is 15.1 Å². The van der Waals surface area contributed by atoms with Crippen molar-refractivity contribution in [3.8, 4) is 0 Å². The Morgan fingerprint density at radius 2 is 2.08 bits per heavy atom. The molecule has 2 unspecified atom stereocenters. The minimum absolute atomic E-state index is 0. The maximum Gasteiger partial charge on any atom is 0.193 e. The molecule has 2 aliphatic rings. The average molecular weight is 454 g/mol. The van der Waals surface area contributed by atoms with Gasteiger partial charge in [-0.1, -0.05) is 6.92 Å². The van der Waals surface area contributed by atoms with Crippen LogP contribution in [0.15, 0.2) is 4.99 Å². The molecule has 7 heteroatoms. The zero-order valence-corrected chi connectivity index (χ0v) is 17.8. The molecule has 2 fully saturated rings. The standard InChI is InChI=1S/C17H34N4O2.HI/c1-4-18-17(21-6-5-16(13-21)14-22-3)19-11-15(2)12-20-7-9-23-10-8-20;/h15-16H,4-14H2,1-3H3,(H,18,19);1H. The lowest BCUT2D eigenvalue weighted by Crippen LogP contribution is -2.41. The topological polar surface area (TPSA) is 49.3 Å². The Hall–Kier alpha value is -0.120. The van der Waals surface area contributed by atoms with Crippen LogP contribution >= 0.6 is 24.0 Å². The van der Waals surface area contributed by atoms with Gasteiger partial charge in [0.05, 0.1) is 19.8 Å². The van der Waals surface area contributed by atoms with Gasteiger partial charge in [-0.2, -0.15) is 0 Å². The number of rotatable bonds is 7. The third kappa shape index (κ3) is 7.41. The van der Waals surface area contributed by atoms with Crippen LogP contribution in [0.3, 0.4) is 0 Å². The van der Waals surface area contributed by atoms with Crippen LogP contribution < -0.4 is 5.32 Å². The lowest BCUT2D eigenvalue weighted by atomic mass is 10.1. The molecule has 2 saturated heterocycles. The van der Waals surface area contributed by atoms with Crippen molar-refractivity contribution in [1.29, 1.82) is 0 Å². The summed E-state index contributed by atoms with van der Waals surface area (Å²) in [5, 5.41) is 3.45. The normalized spacial score (nSPS) is 23.9. The first-order valence-electron chi connectivity index (χ1n) is 9.05. The first-order chi connectivity index (χ1) is 11.2. The molecule has 0 radical (unpaired) electrons. The molecule has 2 aliphatic heterocycles. The van der Waals surface area contributed by atoms with Crippen molar-refractivity contribution in [3.05, 3.63) is 0 Å². The second-order valence-corrected chi connectivity index (χ2v) is 6.77. The van der Waals surface area contributed by atoms with Gasteiger partial charge in [0.1, 0.15) is 0 Å². The SMILES string of the molecule is CCNC(=NCC(C)CN1CCOCC1)N1CCC(COC)C1.I. The highest BCUT2D eigenvalue weighted by Gasteiger charge is 2.24. The largest absolute Gasteiger partial charge is 0.384 e. The second-order valence-electron chi connectivity index (χ2n) is 6.77. The van der Waals surface area contributed by atoms with E-state index in [9.17, 15) is 0 Å². The first-order valence-corrected chi connectivity index (χ1v) is 9.05. The molecule has 24 heavy (non-hydrogen) atoms. The van der Waals surface area contributed by atoms with E-state index < -0.39 is 0 Å². The van der Waals surface area contributed by atoms with E-state index in [0.29, 0.717) is 11.8 Å². The highest BCUT2D eigenvalue weighted by atomic mass is 127. The van der Waals surface area contributed by atoms with E-state index in [2.05, 4.69) is 29.0 Å². The zero-order valence-electron chi connectivity index (χ0n) is 15.5. The number of ether oxygens (including phenoxy) is 2. The third-order valence-electron chi connectivity index (χ3n) is 4.55. The number of morpholine rings is 1. The van der Waals surface area contributed by atoms with Crippen LogP contribution in [0.5, 0.6) is 0 Å². The average Bonchev–Trinajstić information content (AvgIpc) is 3.01. The summed E-state index contributed by atoms with van der Waals surface area (Å²) in [6.07, 6.45) is 1.20. The molecule has 6 nitrogen and oxygen atoms in total. The molecule has 0 aromatic rings. The Morgan fingerprint density at radius 1 is 1.33 bits per heavy atom.